The van der Waals surface area contributed by atoms with E-state index in [0.29, 0.717) is 4.90 Å². The molecule has 0 bridgehead atoms. The van der Waals surface area contributed by atoms with Crippen LogP contribution in [0.25, 0.3) is 0 Å². The molecule has 0 spiro atoms. The SMILES string of the molecule is COC1(NC(=O)C(C(=O)O)c2ccsc2)C(=O)N([C@@H](C(=O)O)C(C)(C)S)C1=O. The summed E-state index contributed by atoms with van der Waals surface area (Å²) in [7, 11) is 0.968. The highest BCUT2D eigenvalue weighted by Crippen LogP contribution is 2.35. The molecule has 2 rings (SSSR count). The number of carbonyl (C=O) groups excluding carboxylic acids is 3. The number of thiol groups is 1. The maximum absolute atomic E-state index is 12.7. The number of thiophene rings is 1. The van der Waals surface area contributed by atoms with Gasteiger partial charge in [-0.05, 0) is 36.2 Å². The number of β-lactam (4-membered cyclic amide) rings is 2. The molecule has 3 amide bonds. The fourth-order valence-corrected chi connectivity index (χ4v) is 3.77. The Balaban J connectivity index is 2.33. The lowest BCUT2D eigenvalue weighted by Gasteiger charge is -2.49. The number of methoxy groups -OCH3 is 1. The van der Waals surface area contributed by atoms with E-state index >= 15 is 0 Å². The lowest BCUT2D eigenvalue weighted by atomic mass is 9.91. The van der Waals surface area contributed by atoms with Crippen molar-refractivity contribution >= 4 is 53.6 Å². The lowest BCUT2D eigenvalue weighted by Crippen LogP contribution is -2.82. The van der Waals surface area contributed by atoms with Crippen LogP contribution in [0.1, 0.15) is 25.3 Å². The average molecular weight is 430 g/mol. The van der Waals surface area contributed by atoms with Gasteiger partial charge in [-0.25, -0.2) is 4.79 Å². The molecule has 10 nitrogen and oxygen atoms in total. The first-order valence-electron chi connectivity index (χ1n) is 7.83. The standard InChI is InChI=1S/C16H18N2O8S2/c1-15(2,27)9(12(22)23)18-13(24)16(26-3,14(18)25)17-10(19)8(11(20)21)7-4-5-28-6-7/h4-6,8-9,27H,1-3H3,(H,17,19)(H,20,21)(H,22,23)/t8?,9-/m0/s1. The second-order valence-corrected chi connectivity index (χ2v) is 8.51. The van der Waals surface area contributed by atoms with Crippen LogP contribution in [-0.4, -0.2) is 68.4 Å². The number of carboxylic acid groups (broad SMARTS) is 2. The highest BCUT2D eigenvalue weighted by atomic mass is 32.1. The fraction of sp³-hybridized carbons (Fsp3) is 0.438. The van der Waals surface area contributed by atoms with E-state index in [4.69, 9.17) is 4.74 Å². The first-order chi connectivity index (χ1) is 12.9. The number of hydrogen-bond acceptors (Lipinski definition) is 8. The van der Waals surface area contributed by atoms with Crippen LogP contribution in [0.5, 0.6) is 0 Å². The average Bonchev–Trinajstić information content (AvgIpc) is 3.08. The van der Waals surface area contributed by atoms with Gasteiger partial charge in [0.15, 0.2) is 12.0 Å². The van der Waals surface area contributed by atoms with E-state index in [2.05, 4.69) is 12.6 Å². The van der Waals surface area contributed by atoms with Gasteiger partial charge in [0.25, 0.3) is 11.8 Å². The number of rotatable bonds is 8. The molecule has 1 aliphatic heterocycles. The van der Waals surface area contributed by atoms with Gasteiger partial charge >= 0.3 is 17.7 Å². The van der Waals surface area contributed by atoms with Crippen molar-refractivity contribution in [2.45, 2.75) is 36.3 Å². The van der Waals surface area contributed by atoms with Gasteiger partial charge in [-0.15, -0.1) is 0 Å². The Bertz CT molecular complexity index is 814. The van der Waals surface area contributed by atoms with Gasteiger partial charge in [0.1, 0.15) is 0 Å². The Kier molecular flexibility index (Phi) is 5.87. The zero-order valence-corrected chi connectivity index (χ0v) is 16.7. The maximum Gasteiger partial charge on any atom is 0.328 e. The van der Waals surface area contributed by atoms with Crippen LogP contribution < -0.4 is 5.32 Å². The van der Waals surface area contributed by atoms with E-state index in [1.807, 2.05) is 5.32 Å². The molecule has 0 saturated carbocycles. The minimum absolute atomic E-state index is 0.164. The van der Waals surface area contributed by atoms with Gasteiger partial charge in [-0.3, -0.25) is 24.1 Å². The molecule has 2 heterocycles. The van der Waals surface area contributed by atoms with Gasteiger partial charge in [-0.2, -0.15) is 24.0 Å². The summed E-state index contributed by atoms with van der Waals surface area (Å²) in [4.78, 5) is 61.3. The molecule has 3 N–H and O–H groups in total. The summed E-state index contributed by atoms with van der Waals surface area (Å²) in [6.07, 6.45) is 0. The van der Waals surface area contributed by atoms with Crippen LogP contribution in [0.2, 0.25) is 0 Å². The van der Waals surface area contributed by atoms with Crippen LogP contribution in [0.15, 0.2) is 16.8 Å². The maximum atomic E-state index is 12.7. The van der Waals surface area contributed by atoms with E-state index in [0.717, 1.165) is 7.11 Å². The van der Waals surface area contributed by atoms with Crippen molar-refractivity contribution in [3.05, 3.63) is 22.4 Å². The van der Waals surface area contributed by atoms with Crippen molar-refractivity contribution in [1.82, 2.24) is 10.2 Å². The quantitative estimate of drug-likeness (QED) is 0.193. The summed E-state index contributed by atoms with van der Waals surface area (Å²) >= 11 is 5.29. The zero-order chi connectivity index (χ0) is 21.4. The van der Waals surface area contributed by atoms with Crippen molar-refractivity contribution in [2.24, 2.45) is 0 Å². The highest BCUT2D eigenvalue weighted by molar-refractivity contribution is 7.81. The van der Waals surface area contributed by atoms with E-state index in [9.17, 15) is 34.2 Å². The largest absolute Gasteiger partial charge is 0.480 e. The third-order valence-electron chi connectivity index (χ3n) is 4.19. The highest BCUT2D eigenvalue weighted by Gasteiger charge is 2.68. The number of carboxylic acids is 2. The molecule has 1 aromatic heterocycles. The summed E-state index contributed by atoms with van der Waals surface area (Å²) in [6.45, 7) is 2.80. The van der Waals surface area contributed by atoms with Crippen molar-refractivity contribution < 1.29 is 38.9 Å². The molecular formula is C16H18N2O8S2. The Labute approximate surface area is 168 Å². The summed E-state index contributed by atoms with van der Waals surface area (Å²) in [5.74, 6) is -8.04. The molecule has 12 heteroatoms. The first kappa shape index (κ1) is 21.9. The second-order valence-electron chi connectivity index (χ2n) is 6.58. The van der Waals surface area contributed by atoms with Crippen molar-refractivity contribution in [1.29, 1.82) is 0 Å². The third-order valence-corrected chi connectivity index (χ3v) is 5.14. The third kappa shape index (κ3) is 3.50. The number of likely N-dealkylation sites (tertiary alicyclic amines) is 1. The van der Waals surface area contributed by atoms with Crippen molar-refractivity contribution in [3.8, 4) is 0 Å². The number of ether oxygens (including phenoxy) is 1. The van der Waals surface area contributed by atoms with Gasteiger partial charge in [0.05, 0.1) is 0 Å². The Morgan fingerprint density at radius 1 is 1.25 bits per heavy atom. The molecule has 1 unspecified atom stereocenters. The lowest BCUT2D eigenvalue weighted by molar-refractivity contribution is -0.205. The van der Waals surface area contributed by atoms with Crippen LogP contribution in [0, 0.1) is 0 Å². The predicted octanol–water partition coefficient (Wildman–Crippen LogP) is -0.0944. The fourth-order valence-electron chi connectivity index (χ4n) is 2.86. The van der Waals surface area contributed by atoms with Gasteiger partial charge in [0.2, 0.25) is 5.91 Å². The van der Waals surface area contributed by atoms with Crippen LogP contribution in [0.4, 0.5) is 0 Å². The van der Waals surface area contributed by atoms with Crippen molar-refractivity contribution in [2.75, 3.05) is 7.11 Å². The van der Waals surface area contributed by atoms with E-state index in [-0.39, 0.29) is 5.56 Å². The minimum Gasteiger partial charge on any atom is -0.480 e. The van der Waals surface area contributed by atoms with E-state index in [1.54, 1.807) is 5.38 Å². The molecule has 0 radical (unpaired) electrons. The number of nitrogens with zero attached hydrogens (tertiary/aromatic N) is 1. The van der Waals surface area contributed by atoms with Gasteiger partial charge in [-0.1, -0.05) is 0 Å². The molecule has 28 heavy (non-hydrogen) atoms. The van der Waals surface area contributed by atoms with Crippen molar-refractivity contribution in [3.63, 3.8) is 0 Å². The first-order valence-corrected chi connectivity index (χ1v) is 9.22. The summed E-state index contributed by atoms with van der Waals surface area (Å²) in [5.41, 5.74) is -2.33. The number of carbonyl (C=O) groups is 5. The molecule has 152 valence electrons. The molecular weight excluding hydrogens is 412 g/mol. The van der Waals surface area contributed by atoms with E-state index < -0.39 is 52.1 Å². The topological polar surface area (TPSA) is 150 Å². The summed E-state index contributed by atoms with van der Waals surface area (Å²) < 4.78 is 3.62. The number of aliphatic carboxylic acids is 2. The number of amides is 3. The number of imide groups is 1. The van der Waals surface area contributed by atoms with Crippen LogP contribution in [-0.2, 0) is 28.7 Å². The Morgan fingerprint density at radius 3 is 2.18 bits per heavy atom. The summed E-state index contributed by atoms with van der Waals surface area (Å²) in [6, 6.07) is -0.202. The monoisotopic (exact) mass is 430 g/mol. The molecule has 1 aromatic rings. The second kappa shape index (κ2) is 7.53. The van der Waals surface area contributed by atoms with E-state index in [1.165, 1.54) is 36.6 Å². The predicted molar refractivity (Wildman–Crippen MR) is 98.9 cm³/mol. The van der Waals surface area contributed by atoms with Gasteiger partial charge < -0.3 is 20.3 Å². The Morgan fingerprint density at radius 2 is 1.82 bits per heavy atom. The normalized spacial score (nSPS) is 18.2. The molecule has 1 aliphatic rings. The van der Waals surface area contributed by atoms with Gasteiger partial charge in [0, 0.05) is 11.9 Å². The molecule has 1 fully saturated rings. The molecule has 1 saturated heterocycles. The minimum atomic E-state index is -2.49. The molecule has 2 atom stereocenters. The molecule has 0 aromatic carbocycles. The van der Waals surface area contributed by atoms with Crippen LogP contribution in [0.3, 0.4) is 0 Å². The zero-order valence-electron chi connectivity index (χ0n) is 15.0. The molecule has 0 aliphatic carbocycles. The van der Waals surface area contributed by atoms with Crippen LogP contribution >= 0.6 is 24.0 Å². The number of hydrogen-bond donors (Lipinski definition) is 4. The smallest absolute Gasteiger partial charge is 0.328 e. The number of nitrogens with one attached hydrogen (secondary N) is 1. The summed E-state index contributed by atoms with van der Waals surface area (Å²) in [5, 5.41) is 23.8. The Hall–Kier alpha value is -2.44.